The van der Waals surface area contributed by atoms with Gasteiger partial charge in [-0.1, -0.05) is 20.8 Å². The lowest BCUT2D eigenvalue weighted by molar-refractivity contribution is -0.149. The van der Waals surface area contributed by atoms with Gasteiger partial charge < -0.3 is 26.1 Å². The third-order valence-electron chi connectivity index (χ3n) is 5.34. The molecule has 1 aromatic rings. The first-order valence-corrected chi connectivity index (χ1v) is 10.7. The number of hydrogen-bond donors (Lipinski definition) is 3. The number of nitrogens with zero attached hydrogens (tertiary/aromatic N) is 2. The van der Waals surface area contributed by atoms with Crippen molar-refractivity contribution in [3.63, 3.8) is 0 Å². The van der Waals surface area contributed by atoms with E-state index in [0.717, 1.165) is 18.5 Å². The fraction of sp³-hybridized carbons (Fsp3) is 0.591. The maximum absolute atomic E-state index is 13.8. The number of amidine groups is 1. The van der Waals surface area contributed by atoms with Gasteiger partial charge in [0.1, 0.15) is 6.61 Å². The molecule has 5 N–H and O–H groups in total. The van der Waals surface area contributed by atoms with Gasteiger partial charge in [0.25, 0.3) is 5.91 Å². The molecule has 1 unspecified atom stereocenters. The van der Waals surface area contributed by atoms with Crippen molar-refractivity contribution in [2.24, 2.45) is 29.4 Å². The minimum absolute atomic E-state index is 0.0652. The van der Waals surface area contributed by atoms with Gasteiger partial charge in [0.2, 0.25) is 5.95 Å². The van der Waals surface area contributed by atoms with E-state index in [-0.39, 0.29) is 41.6 Å². The van der Waals surface area contributed by atoms with E-state index in [1.807, 2.05) is 13.8 Å². The van der Waals surface area contributed by atoms with Crippen LogP contribution in [0.3, 0.4) is 0 Å². The Labute approximate surface area is 183 Å². The number of carbonyl (C=O) groups excluding carboxylic acids is 2. The molecule has 1 rings (SSSR count). The number of nitrogens with two attached hydrogens (primary N) is 2. The highest BCUT2D eigenvalue weighted by Crippen LogP contribution is 2.18. The Balaban J connectivity index is 2.97. The van der Waals surface area contributed by atoms with Crippen molar-refractivity contribution in [2.75, 3.05) is 13.7 Å². The highest BCUT2D eigenvalue weighted by atomic mass is 19.1. The van der Waals surface area contributed by atoms with E-state index in [1.165, 1.54) is 6.08 Å². The van der Waals surface area contributed by atoms with E-state index in [4.69, 9.17) is 16.2 Å². The topological polar surface area (TPSA) is 125 Å². The van der Waals surface area contributed by atoms with Crippen molar-refractivity contribution in [1.82, 2.24) is 9.88 Å². The van der Waals surface area contributed by atoms with Crippen LogP contribution in [0, 0.1) is 5.92 Å². The molecule has 31 heavy (non-hydrogen) atoms. The smallest absolute Gasteiger partial charge is 0.308 e. The molecular formula is C22H36FN5O3. The molecule has 1 heterocycles. The molecule has 174 valence electrons. The molecule has 0 aliphatic rings. The molecule has 0 saturated carbocycles. The second kappa shape index (κ2) is 12.9. The van der Waals surface area contributed by atoms with Gasteiger partial charge in [-0.3, -0.25) is 9.59 Å². The molecule has 0 spiro atoms. The van der Waals surface area contributed by atoms with Gasteiger partial charge >= 0.3 is 5.97 Å². The van der Waals surface area contributed by atoms with Crippen LogP contribution in [0.2, 0.25) is 0 Å². The van der Waals surface area contributed by atoms with Gasteiger partial charge in [-0.25, -0.2) is 4.99 Å². The molecule has 0 saturated heterocycles. The van der Waals surface area contributed by atoms with E-state index in [1.54, 1.807) is 31.7 Å². The lowest BCUT2D eigenvalue weighted by Crippen LogP contribution is -2.33. The quantitative estimate of drug-likeness (QED) is 0.189. The maximum atomic E-state index is 13.8. The third-order valence-corrected chi connectivity index (χ3v) is 5.34. The Hall–Kier alpha value is -2.68. The molecule has 0 bridgehead atoms. The number of halogens is 1. The summed E-state index contributed by atoms with van der Waals surface area (Å²) < 4.78 is 20.9. The van der Waals surface area contributed by atoms with Gasteiger partial charge in [0, 0.05) is 18.8 Å². The fourth-order valence-electron chi connectivity index (χ4n) is 3.33. The number of allylic oxidation sites excluding steroid dienone is 1. The summed E-state index contributed by atoms with van der Waals surface area (Å²) in [6, 6.07) is 1.58. The first-order chi connectivity index (χ1) is 14.7. The predicted octanol–water partition coefficient (Wildman–Crippen LogP) is 2.55. The number of hydrogen-bond acceptors (Lipinski definition) is 5. The molecule has 1 aromatic heterocycles. The van der Waals surface area contributed by atoms with Gasteiger partial charge in [0.15, 0.2) is 5.84 Å². The second-order valence-corrected chi connectivity index (χ2v) is 7.42. The Morgan fingerprint density at radius 3 is 2.45 bits per heavy atom. The Morgan fingerprint density at radius 1 is 1.29 bits per heavy atom. The zero-order chi connectivity index (χ0) is 23.6. The van der Waals surface area contributed by atoms with Crippen LogP contribution >= 0.6 is 0 Å². The normalized spacial score (nSPS) is 13.5. The van der Waals surface area contributed by atoms with Crippen molar-refractivity contribution in [3.8, 4) is 0 Å². The zero-order valence-corrected chi connectivity index (χ0v) is 19.2. The van der Waals surface area contributed by atoms with Crippen molar-refractivity contribution in [3.05, 3.63) is 35.0 Å². The molecule has 8 nitrogen and oxygen atoms in total. The summed E-state index contributed by atoms with van der Waals surface area (Å²) in [5.41, 5.74) is 12.7. The Bertz CT molecular complexity index is 812. The van der Waals surface area contributed by atoms with Crippen LogP contribution in [-0.2, 0) is 23.0 Å². The van der Waals surface area contributed by atoms with Crippen LogP contribution in [0.1, 0.15) is 68.2 Å². The van der Waals surface area contributed by atoms with Gasteiger partial charge in [-0.15, -0.1) is 0 Å². The summed E-state index contributed by atoms with van der Waals surface area (Å²) in [6.45, 7) is 5.96. The first kappa shape index (κ1) is 26.4. The molecule has 0 fully saturated rings. The summed E-state index contributed by atoms with van der Waals surface area (Å²) in [5, 5.41) is 3.15. The molecule has 0 aliphatic heterocycles. The molecule has 0 radical (unpaired) electrons. The van der Waals surface area contributed by atoms with Crippen LogP contribution in [-0.4, -0.2) is 42.0 Å². The number of primary amides is 1. The largest absolute Gasteiger partial charge is 0.464 e. The number of aryl methyl sites for hydroxylation is 1. The van der Waals surface area contributed by atoms with Crippen LogP contribution in [0.15, 0.2) is 23.1 Å². The molecule has 9 heteroatoms. The number of amides is 1. The van der Waals surface area contributed by atoms with E-state index in [9.17, 15) is 14.0 Å². The number of likely N-dealkylation sites (N-methyl/N-ethyl adjacent to an activating group) is 1. The van der Waals surface area contributed by atoms with Gasteiger partial charge in [0.05, 0.1) is 17.2 Å². The molecule has 1 amide bonds. The van der Waals surface area contributed by atoms with E-state index in [2.05, 4.69) is 10.3 Å². The number of rotatable bonds is 13. The molecule has 1 atom stereocenters. The highest BCUT2D eigenvalue weighted by molar-refractivity contribution is 6.08. The summed E-state index contributed by atoms with van der Waals surface area (Å²) in [6.07, 6.45) is 4.46. The summed E-state index contributed by atoms with van der Waals surface area (Å²) in [4.78, 5) is 27.8. The SMILES string of the molecule is CC/C=C(F)/N=C(/N)c1c(C(N)=O)cc(CCC(COC(=O)C(CC)CC)NC)n1C. The zero-order valence-electron chi connectivity index (χ0n) is 19.2. The van der Waals surface area contributed by atoms with E-state index < -0.39 is 11.9 Å². The number of nitrogens with one attached hydrogen (secondary N) is 1. The second-order valence-electron chi connectivity index (χ2n) is 7.42. The lowest BCUT2D eigenvalue weighted by atomic mass is 10.0. The number of aromatic nitrogens is 1. The number of carbonyl (C=O) groups is 2. The van der Waals surface area contributed by atoms with Crippen molar-refractivity contribution in [2.45, 2.75) is 58.9 Å². The van der Waals surface area contributed by atoms with Gasteiger partial charge in [-0.2, -0.15) is 4.39 Å². The summed E-state index contributed by atoms with van der Waals surface area (Å²) >= 11 is 0. The van der Waals surface area contributed by atoms with Gasteiger partial charge in [-0.05, 0) is 51.3 Å². The standard InChI is InChI=1S/C22H36FN5O3/c1-6-9-18(23)27-20(24)19-17(21(25)29)12-16(28(19)5)11-10-15(26-4)13-31-22(30)14(7-2)8-3/h9,12,14-15,26H,6-8,10-11,13H2,1-5H3,(H2,24,27)(H2,25,29)/b18-9+. The third kappa shape index (κ3) is 7.50. The Morgan fingerprint density at radius 2 is 1.94 bits per heavy atom. The van der Waals surface area contributed by atoms with Crippen molar-refractivity contribution >= 4 is 17.7 Å². The van der Waals surface area contributed by atoms with Crippen LogP contribution in [0.25, 0.3) is 0 Å². The average molecular weight is 438 g/mol. The van der Waals surface area contributed by atoms with Crippen molar-refractivity contribution < 1.29 is 18.7 Å². The van der Waals surface area contributed by atoms with Crippen LogP contribution in [0.5, 0.6) is 0 Å². The molecule has 0 aliphatic carbocycles. The summed E-state index contributed by atoms with van der Waals surface area (Å²) in [5.74, 6) is -1.77. The Kier molecular flexibility index (Phi) is 11.0. The highest BCUT2D eigenvalue weighted by Gasteiger charge is 2.21. The molecule has 0 aromatic carbocycles. The lowest BCUT2D eigenvalue weighted by Gasteiger charge is -2.19. The van der Waals surface area contributed by atoms with E-state index in [0.29, 0.717) is 19.3 Å². The van der Waals surface area contributed by atoms with Crippen molar-refractivity contribution in [1.29, 1.82) is 0 Å². The van der Waals surface area contributed by atoms with Crippen LogP contribution < -0.4 is 16.8 Å². The molecular weight excluding hydrogens is 401 g/mol. The maximum Gasteiger partial charge on any atom is 0.308 e. The predicted molar refractivity (Wildman–Crippen MR) is 120 cm³/mol. The minimum atomic E-state index is -0.715. The van der Waals surface area contributed by atoms with Crippen LogP contribution in [0.4, 0.5) is 4.39 Å². The number of esters is 1. The van der Waals surface area contributed by atoms with E-state index >= 15 is 0 Å². The monoisotopic (exact) mass is 437 g/mol. The minimum Gasteiger partial charge on any atom is -0.464 e. The first-order valence-electron chi connectivity index (χ1n) is 10.7. The fourth-order valence-corrected chi connectivity index (χ4v) is 3.33. The average Bonchev–Trinajstić information content (AvgIpc) is 3.06. The number of ether oxygens (including phenoxy) is 1. The number of aliphatic imine (C=N–C) groups is 1. The summed E-state index contributed by atoms with van der Waals surface area (Å²) in [7, 11) is 3.52.